The number of rotatable bonds is 9. The maximum atomic E-state index is 12.7. The molecule has 7 heteroatoms. The number of pyridine rings is 1. The summed E-state index contributed by atoms with van der Waals surface area (Å²) in [6.45, 7) is 6.91. The summed E-state index contributed by atoms with van der Waals surface area (Å²) >= 11 is 1.43. The van der Waals surface area contributed by atoms with E-state index in [2.05, 4.69) is 27.1 Å². The maximum Gasteiger partial charge on any atom is 0.233 e. The number of thioether (sulfide) groups is 1. The fraction of sp³-hybridized carbons (Fsp3) is 0.238. The van der Waals surface area contributed by atoms with Crippen LogP contribution in [-0.2, 0) is 17.9 Å². The topological polar surface area (TPSA) is 72.7 Å². The van der Waals surface area contributed by atoms with Crippen LogP contribution < -0.4 is 5.32 Å². The second-order valence-electron chi connectivity index (χ2n) is 6.16. The number of carbonyl (C=O) groups excluding carboxylic acids is 1. The molecule has 3 rings (SSSR count). The standard InChI is InChI=1S/C21H23N5OS/c1-3-14-26-19(17-10-12-22-13-11-17)24-25-21(26)28-18(4-2)20(27)23-15-16-8-6-5-7-9-16/h3,5-13,18H,1,4,14-15H2,2H3,(H,23,27)/t18-/m0/s1. The lowest BCUT2D eigenvalue weighted by Crippen LogP contribution is -2.32. The normalized spacial score (nSPS) is 11.8. The average Bonchev–Trinajstić information content (AvgIpc) is 3.14. The molecule has 1 atom stereocenters. The van der Waals surface area contributed by atoms with Crippen molar-refractivity contribution in [1.82, 2.24) is 25.1 Å². The Bertz CT molecular complexity index is 911. The molecule has 1 amide bonds. The average molecular weight is 394 g/mol. The second-order valence-corrected chi connectivity index (χ2v) is 7.33. The van der Waals surface area contributed by atoms with Crippen LogP contribution in [0.1, 0.15) is 18.9 Å². The fourth-order valence-electron chi connectivity index (χ4n) is 2.73. The van der Waals surface area contributed by atoms with Gasteiger partial charge in [-0.25, -0.2) is 0 Å². The summed E-state index contributed by atoms with van der Waals surface area (Å²) in [4.78, 5) is 16.7. The Morgan fingerprint density at radius 1 is 1.21 bits per heavy atom. The molecular weight excluding hydrogens is 370 g/mol. The van der Waals surface area contributed by atoms with Gasteiger partial charge in [0, 0.05) is 31.0 Å². The Balaban J connectivity index is 1.74. The molecule has 144 valence electrons. The van der Waals surface area contributed by atoms with E-state index in [1.165, 1.54) is 11.8 Å². The van der Waals surface area contributed by atoms with Crippen LogP contribution in [0.4, 0.5) is 0 Å². The first kappa shape index (κ1) is 19.8. The van der Waals surface area contributed by atoms with Gasteiger partial charge in [-0.05, 0) is 24.1 Å². The maximum absolute atomic E-state index is 12.7. The zero-order chi connectivity index (χ0) is 19.8. The van der Waals surface area contributed by atoms with Crippen molar-refractivity contribution < 1.29 is 4.79 Å². The fourth-order valence-corrected chi connectivity index (χ4v) is 3.72. The number of hydrogen-bond acceptors (Lipinski definition) is 5. The minimum absolute atomic E-state index is 0.00466. The molecule has 0 bridgehead atoms. The molecule has 2 heterocycles. The lowest BCUT2D eigenvalue weighted by atomic mass is 10.2. The number of nitrogens with one attached hydrogen (secondary N) is 1. The van der Waals surface area contributed by atoms with E-state index in [-0.39, 0.29) is 11.2 Å². The van der Waals surface area contributed by atoms with Gasteiger partial charge < -0.3 is 5.32 Å². The van der Waals surface area contributed by atoms with E-state index in [1.807, 2.05) is 54.0 Å². The molecule has 0 saturated heterocycles. The number of nitrogens with zero attached hydrogens (tertiary/aromatic N) is 4. The van der Waals surface area contributed by atoms with Crippen LogP contribution >= 0.6 is 11.8 Å². The molecule has 0 aliphatic rings. The van der Waals surface area contributed by atoms with Gasteiger partial charge in [-0.15, -0.1) is 16.8 Å². The molecule has 0 aliphatic heterocycles. The van der Waals surface area contributed by atoms with Gasteiger partial charge in [0.15, 0.2) is 11.0 Å². The lowest BCUT2D eigenvalue weighted by molar-refractivity contribution is -0.120. The van der Waals surface area contributed by atoms with E-state index in [0.717, 1.165) is 17.0 Å². The third kappa shape index (κ3) is 4.86. The summed E-state index contributed by atoms with van der Waals surface area (Å²) in [5, 5.41) is 12.1. The van der Waals surface area contributed by atoms with Crippen molar-refractivity contribution in [3.05, 3.63) is 73.1 Å². The summed E-state index contributed by atoms with van der Waals surface area (Å²) < 4.78 is 1.97. The summed E-state index contributed by atoms with van der Waals surface area (Å²) in [6, 6.07) is 13.7. The Hall–Kier alpha value is -2.93. The van der Waals surface area contributed by atoms with Crippen LogP contribution in [0.2, 0.25) is 0 Å². The van der Waals surface area contributed by atoms with Crippen LogP contribution in [0, 0.1) is 0 Å². The van der Waals surface area contributed by atoms with Crippen molar-refractivity contribution in [2.24, 2.45) is 0 Å². The first-order valence-corrected chi connectivity index (χ1v) is 10.0. The molecule has 2 aromatic heterocycles. The van der Waals surface area contributed by atoms with Gasteiger partial charge >= 0.3 is 0 Å². The number of carbonyl (C=O) groups is 1. The molecule has 3 aromatic rings. The molecule has 0 radical (unpaired) electrons. The molecule has 0 unspecified atom stereocenters. The third-order valence-electron chi connectivity index (χ3n) is 4.19. The van der Waals surface area contributed by atoms with E-state index >= 15 is 0 Å². The van der Waals surface area contributed by atoms with E-state index < -0.39 is 0 Å². The monoisotopic (exact) mass is 393 g/mol. The van der Waals surface area contributed by atoms with Crippen molar-refractivity contribution in [1.29, 1.82) is 0 Å². The number of allylic oxidation sites excluding steroid dienone is 1. The molecule has 0 fully saturated rings. The van der Waals surface area contributed by atoms with Crippen molar-refractivity contribution in [2.45, 2.75) is 36.8 Å². The van der Waals surface area contributed by atoms with Gasteiger partial charge in [-0.2, -0.15) is 0 Å². The van der Waals surface area contributed by atoms with Gasteiger partial charge in [0.1, 0.15) is 0 Å². The van der Waals surface area contributed by atoms with Crippen LogP contribution in [-0.4, -0.2) is 30.9 Å². The van der Waals surface area contributed by atoms with E-state index in [0.29, 0.717) is 24.7 Å². The van der Waals surface area contributed by atoms with Gasteiger partial charge in [0.2, 0.25) is 5.91 Å². The Kier molecular flexibility index (Phi) is 6.97. The van der Waals surface area contributed by atoms with Crippen LogP contribution in [0.3, 0.4) is 0 Å². The minimum Gasteiger partial charge on any atom is -0.351 e. The summed E-state index contributed by atoms with van der Waals surface area (Å²) in [6.07, 6.45) is 5.94. The highest BCUT2D eigenvalue weighted by Gasteiger charge is 2.22. The molecular formula is C21H23N5OS. The van der Waals surface area contributed by atoms with Crippen LogP contribution in [0.15, 0.2) is 72.7 Å². The molecule has 0 spiro atoms. The van der Waals surface area contributed by atoms with E-state index in [9.17, 15) is 4.79 Å². The highest BCUT2D eigenvalue weighted by atomic mass is 32.2. The quantitative estimate of drug-likeness (QED) is 0.443. The van der Waals surface area contributed by atoms with Crippen molar-refractivity contribution in [2.75, 3.05) is 0 Å². The third-order valence-corrected chi connectivity index (χ3v) is 5.53. The van der Waals surface area contributed by atoms with Gasteiger partial charge in [0.25, 0.3) is 0 Å². The van der Waals surface area contributed by atoms with Gasteiger partial charge in [0.05, 0.1) is 5.25 Å². The van der Waals surface area contributed by atoms with Gasteiger partial charge in [-0.3, -0.25) is 14.3 Å². The Morgan fingerprint density at radius 2 is 1.96 bits per heavy atom. The predicted molar refractivity (Wildman–Crippen MR) is 112 cm³/mol. The smallest absolute Gasteiger partial charge is 0.233 e. The number of aromatic nitrogens is 4. The van der Waals surface area contributed by atoms with Crippen molar-refractivity contribution in [3.63, 3.8) is 0 Å². The minimum atomic E-state index is -0.248. The summed E-state index contributed by atoms with van der Waals surface area (Å²) in [7, 11) is 0. The zero-order valence-electron chi connectivity index (χ0n) is 15.8. The first-order valence-electron chi connectivity index (χ1n) is 9.15. The second kappa shape index (κ2) is 9.85. The number of hydrogen-bond donors (Lipinski definition) is 1. The Morgan fingerprint density at radius 3 is 2.64 bits per heavy atom. The molecule has 0 saturated carbocycles. The molecule has 0 aliphatic carbocycles. The largest absolute Gasteiger partial charge is 0.351 e. The summed E-state index contributed by atoms with van der Waals surface area (Å²) in [5.74, 6) is 0.735. The zero-order valence-corrected chi connectivity index (χ0v) is 16.6. The van der Waals surface area contributed by atoms with Gasteiger partial charge in [-0.1, -0.05) is 55.1 Å². The number of amides is 1. The highest BCUT2D eigenvalue weighted by molar-refractivity contribution is 8.00. The van der Waals surface area contributed by atoms with Crippen molar-refractivity contribution >= 4 is 17.7 Å². The molecule has 1 N–H and O–H groups in total. The lowest BCUT2D eigenvalue weighted by Gasteiger charge is -2.15. The SMILES string of the molecule is C=CCn1c(S[C@@H](CC)C(=O)NCc2ccccc2)nnc1-c1ccncc1. The first-order chi connectivity index (χ1) is 13.7. The van der Waals surface area contributed by atoms with E-state index in [4.69, 9.17) is 0 Å². The van der Waals surface area contributed by atoms with Crippen LogP contribution in [0.25, 0.3) is 11.4 Å². The molecule has 28 heavy (non-hydrogen) atoms. The van der Waals surface area contributed by atoms with Crippen LogP contribution in [0.5, 0.6) is 0 Å². The van der Waals surface area contributed by atoms with E-state index in [1.54, 1.807) is 18.5 Å². The predicted octanol–water partition coefficient (Wildman–Crippen LogP) is 3.71. The number of benzene rings is 1. The summed E-state index contributed by atoms with van der Waals surface area (Å²) in [5.41, 5.74) is 2.00. The highest BCUT2D eigenvalue weighted by Crippen LogP contribution is 2.28. The van der Waals surface area contributed by atoms with Crippen molar-refractivity contribution in [3.8, 4) is 11.4 Å². The molecule has 6 nitrogen and oxygen atoms in total. The Labute approximate surface area is 169 Å². The molecule has 1 aromatic carbocycles.